The van der Waals surface area contributed by atoms with E-state index in [-0.39, 0.29) is 17.7 Å². The van der Waals surface area contributed by atoms with Crippen molar-refractivity contribution in [3.05, 3.63) is 30.5 Å². The summed E-state index contributed by atoms with van der Waals surface area (Å²) in [5.74, 6) is 0.700. The minimum Gasteiger partial charge on any atom is -0.411 e. The fraction of sp³-hybridized carbons (Fsp3) is 0.353. The number of nitrogens with one attached hydrogen (secondary N) is 2. The number of hydrogen-bond acceptors (Lipinski definition) is 5. The fourth-order valence-electron chi connectivity index (χ4n) is 2.57. The number of fused-ring (bicyclic) bond motifs is 1. The fourth-order valence-corrected chi connectivity index (χ4v) is 3.15. The molecule has 7 heteroatoms. The number of thioether (sulfide) groups is 1. The maximum atomic E-state index is 11.9. The molecule has 2 aromatic heterocycles. The Balaban J connectivity index is 1.63. The average Bonchev–Trinajstić information content (AvgIpc) is 3.19. The number of hydrogen-bond donors (Lipinski definition) is 2. The zero-order chi connectivity index (χ0) is 16.9. The maximum absolute atomic E-state index is 11.9. The van der Waals surface area contributed by atoms with Crippen LogP contribution in [0.3, 0.4) is 0 Å². The first-order chi connectivity index (χ1) is 11.7. The number of aromatic amines is 1. The zero-order valence-electron chi connectivity index (χ0n) is 13.7. The van der Waals surface area contributed by atoms with E-state index in [9.17, 15) is 4.79 Å². The molecule has 3 aromatic rings. The number of para-hydroxylation sites is 1. The lowest BCUT2D eigenvalue weighted by Crippen LogP contribution is -2.33. The van der Waals surface area contributed by atoms with Crippen LogP contribution in [0, 0.1) is 0 Å². The van der Waals surface area contributed by atoms with Gasteiger partial charge in [-0.15, -0.1) is 10.2 Å². The van der Waals surface area contributed by atoms with Crippen LogP contribution >= 0.6 is 11.8 Å². The normalized spacial score (nSPS) is 12.4. The number of H-pyrrole nitrogens is 1. The molecule has 3 rings (SSSR count). The predicted octanol–water partition coefficient (Wildman–Crippen LogP) is 3.61. The number of rotatable bonds is 7. The molecule has 0 aliphatic heterocycles. The third-order valence-electron chi connectivity index (χ3n) is 3.68. The smallest absolute Gasteiger partial charge is 0.277 e. The van der Waals surface area contributed by atoms with Crippen molar-refractivity contribution in [2.75, 3.05) is 5.75 Å². The topological polar surface area (TPSA) is 83.8 Å². The van der Waals surface area contributed by atoms with Gasteiger partial charge in [0, 0.05) is 23.1 Å². The van der Waals surface area contributed by atoms with Crippen LogP contribution in [-0.4, -0.2) is 32.9 Å². The molecule has 0 unspecified atom stereocenters. The first-order valence-electron chi connectivity index (χ1n) is 7.99. The van der Waals surface area contributed by atoms with E-state index >= 15 is 0 Å². The van der Waals surface area contributed by atoms with Crippen molar-refractivity contribution in [2.24, 2.45) is 0 Å². The van der Waals surface area contributed by atoms with E-state index in [1.165, 1.54) is 11.8 Å². The summed E-state index contributed by atoms with van der Waals surface area (Å²) in [6.45, 7) is 4.11. The monoisotopic (exact) mass is 344 g/mol. The summed E-state index contributed by atoms with van der Waals surface area (Å²) >= 11 is 1.25. The number of amides is 1. The van der Waals surface area contributed by atoms with Crippen LogP contribution in [0.4, 0.5) is 0 Å². The second-order valence-corrected chi connectivity index (χ2v) is 6.59. The van der Waals surface area contributed by atoms with Gasteiger partial charge in [-0.05, 0) is 19.4 Å². The number of carbonyl (C=O) groups excluding carboxylic acids is 1. The number of benzene rings is 1. The number of aromatic nitrogens is 3. The predicted molar refractivity (Wildman–Crippen MR) is 94.8 cm³/mol. The molecule has 0 aliphatic rings. The molecule has 0 saturated heterocycles. The Morgan fingerprint density at radius 1 is 1.38 bits per heavy atom. The van der Waals surface area contributed by atoms with Crippen molar-refractivity contribution >= 4 is 28.6 Å². The third-order valence-corrected chi connectivity index (χ3v) is 4.50. The van der Waals surface area contributed by atoms with Gasteiger partial charge < -0.3 is 14.7 Å². The summed E-state index contributed by atoms with van der Waals surface area (Å²) in [7, 11) is 0. The molecule has 6 nitrogen and oxygen atoms in total. The molecule has 0 bridgehead atoms. The summed E-state index contributed by atoms with van der Waals surface area (Å²) < 4.78 is 5.68. The summed E-state index contributed by atoms with van der Waals surface area (Å²) in [5.41, 5.74) is 1.88. The first-order valence-corrected chi connectivity index (χ1v) is 8.98. The lowest BCUT2D eigenvalue weighted by molar-refractivity contribution is -0.119. The van der Waals surface area contributed by atoms with E-state index in [0.717, 1.165) is 29.3 Å². The zero-order valence-corrected chi connectivity index (χ0v) is 14.5. The second-order valence-electron chi connectivity index (χ2n) is 5.67. The average molecular weight is 344 g/mol. The largest absolute Gasteiger partial charge is 0.411 e. The van der Waals surface area contributed by atoms with Gasteiger partial charge in [-0.1, -0.05) is 43.3 Å². The van der Waals surface area contributed by atoms with Crippen molar-refractivity contribution in [1.29, 1.82) is 0 Å². The quantitative estimate of drug-likeness (QED) is 0.640. The molecule has 1 aromatic carbocycles. The summed E-state index contributed by atoms with van der Waals surface area (Å²) in [4.78, 5) is 15.1. The minimum absolute atomic E-state index is 0.0206. The molecule has 126 valence electrons. The van der Waals surface area contributed by atoms with Gasteiger partial charge in [-0.2, -0.15) is 0 Å². The van der Waals surface area contributed by atoms with E-state index in [1.807, 2.05) is 37.4 Å². The van der Waals surface area contributed by atoms with Crippen molar-refractivity contribution in [1.82, 2.24) is 20.5 Å². The lowest BCUT2D eigenvalue weighted by atomic mass is 10.2. The summed E-state index contributed by atoms with van der Waals surface area (Å²) in [6, 6.07) is 8.11. The molecule has 24 heavy (non-hydrogen) atoms. The van der Waals surface area contributed by atoms with Gasteiger partial charge in [0.15, 0.2) is 0 Å². The van der Waals surface area contributed by atoms with Crippen molar-refractivity contribution < 1.29 is 9.21 Å². The van der Waals surface area contributed by atoms with Crippen LogP contribution in [0.15, 0.2) is 40.1 Å². The van der Waals surface area contributed by atoms with Gasteiger partial charge in [0.2, 0.25) is 5.91 Å². The van der Waals surface area contributed by atoms with E-state index < -0.39 is 0 Å². The third kappa shape index (κ3) is 3.79. The van der Waals surface area contributed by atoms with Gasteiger partial charge in [0.05, 0.1) is 11.3 Å². The molecule has 0 saturated carbocycles. The minimum atomic E-state index is -0.0206. The Morgan fingerprint density at radius 3 is 3.04 bits per heavy atom. The number of nitrogens with zero attached hydrogens (tertiary/aromatic N) is 2. The first kappa shape index (κ1) is 16.6. The Morgan fingerprint density at radius 2 is 2.21 bits per heavy atom. The number of carbonyl (C=O) groups is 1. The van der Waals surface area contributed by atoms with E-state index in [4.69, 9.17) is 4.42 Å². The lowest BCUT2D eigenvalue weighted by Gasteiger charge is -2.11. The molecule has 1 amide bonds. The van der Waals surface area contributed by atoms with Gasteiger partial charge in [-0.25, -0.2) is 0 Å². The van der Waals surface area contributed by atoms with Crippen LogP contribution in [0.25, 0.3) is 22.4 Å². The summed E-state index contributed by atoms with van der Waals surface area (Å²) in [5, 5.41) is 12.5. The van der Waals surface area contributed by atoms with Gasteiger partial charge in [-0.3, -0.25) is 4.79 Å². The molecule has 0 radical (unpaired) electrons. The second kappa shape index (κ2) is 7.53. The van der Waals surface area contributed by atoms with E-state index in [1.54, 1.807) is 0 Å². The maximum Gasteiger partial charge on any atom is 0.277 e. The highest BCUT2D eigenvalue weighted by Gasteiger charge is 2.15. The Kier molecular flexibility index (Phi) is 5.20. The van der Waals surface area contributed by atoms with Crippen LogP contribution < -0.4 is 5.32 Å². The van der Waals surface area contributed by atoms with Crippen LogP contribution in [0.5, 0.6) is 0 Å². The molecular weight excluding hydrogens is 324 g/mol. The molecule has 0 fully saturated rings. The standard InChI is InChI=1S/C17H20N4O2S/c1-3-6-11(2)19-15(22)10-24-17-21-20-16(23-17)13-9-18-14-8-5-4-7-12(13)14/h4-5,7-9,11,18H,3,6,10H2,1-2H3,(H,19,22)/t11-/m0/s1. The van der Waals surface area contributed by atoms with Crippen LogP contribution in [-0.2, 0) is 4.79 Å². The van der Waals surface area contributed by atoms with E-state index in [0.29, 0.717) is 11.1 Å². The molecule has 1 atom stereocenters. The Bertz CT molecular complexity index is 827. The van der Waals surface area contributed by atoms with Crippen molar-refractivity contribution in [2.45, 2.75) is 38.0 Å². The molecule has 0 aliphatic carbocycles. The van der Waals surface area contributed by atoms with Gasteiger partial charge in [0.1, 0.15) is 0 Å². The highest BCUT2D eigenvalue weighted by atomic mass is 32.2. The Hall–Kier alpha value is -2.28. The molecule has 2 N–H and O–H groups in total. The SMILES string of the molecule is CCC[C@H](C)NC(=O)CSc1nnc(-c2c[nH]c3ccccc23)o1. The van der Waals surface area contributed by atoms with Crippen LogP contribution in [0.2, 0.25) is 0 Å². The molecule has 0 spiro atoms. The van der Waals surface area contributed by atoms with Crippen molar-refractivity contribution in [3.8, 4) is 11.5 Å². The van der Waals surface area contributed by atoms with Crippen molar-refractivity contribution in [3.63, 3.8) is 0 Å². The highest BCUT2D eigenvalue weighted by Crippen LogP contribution is 2.29. The molecular formula is C17H20N4O2S. The van der Waals surface area contributed by atoms with Crippen LogP contribution in [0.1, 0.15) is 26.7 Å². The van der Waals surface area contributed by atoms with Gasteiger partial charge in [0.25, 0.3) is 11.1 Å². The molecule has 2 heterocycles. The highest BCUT2D eigenvalue weighted by molar-refractivity contribution is 7.99. The van der Waals surface area contributed by atoms with E-state index in [2.05, 4.69) is 27.4 Å². The van der Waals surface area contributed by atoms with Gasteiger partial charge >= 0.3 is 0 Å². The summed E-state index contributed by atoms with van der Waals surface area (Å²) in [6.07, 6.45) is 3.87. The Labute approximate surface area is 144 Å².